The molecule has 0 atom stereocenters. The summed E-state index contributed by atoms with van der Waals surface area (Å²) in [7, 11) is 3.44. The maximum atomic E-state index is 11.9. The summed E-state index contributed by atoms with van der Waals surface area (Å²) in [5.74, 6) is -0.0866. The maximum absolute atomic E-state index is 11.9. The molecule has 1 aromatic carbocycles. The lowest BCUT2D eigenvalue weighted by molar-refractivity contribution is -0.128. The van der Waals surface area contributed by atoms with Gasteiger partial charge in [-0.15, -0.1) is 12.4 Å². The van der Waals surface area contributed by atoms with Gasteiger partial charge in [0, 0.05) is 38.3 Å². The van der Waals surface area contributed by atoms with Gasteiger partial charge in [0.05, 0.1) is 0 Å². The number of carbonyl (C=O) groups is 2. The van der Waals surface area contributed by atoms with Crippen molar-refractivity contribution in [2.45, 2.75) is 19.8 Å². The average Bonchev–Trinajstić information content (AvgIpc) is 2.36. The van der Waals surface area contributed by atoms with Gasteiger partial charge in [-0.1, -0.05) is 6.07 Å². The van der Waals surface area contributed by atoms with Crippen LogP contribution in [0.1, 0.15) is 28.8 Å². The van der Waals surface area contributed by atoms with Crippen molar-refractivity contribution in [1.82, 2.24) is 10.2 Å². The standard InChI is InChI=1S/C14H21N3O2.ClH/c1-10-6-7-11(15)9-12(10)14(19)16-8-4-5-13(18)17(2)3;/h6-7,9H,4-5,8,15H2,1-3H3,(H,16,19);1H. The molecule has 0 bridgehead atoms. The number of carbonyl (C=O) groups excluding carboxylic acids is 2. The first-order valence-electron chi connectivity index (χ1n) is 6.26. The number of benzene rings is 1. The lowest BCUT2D eigenvalue weighted by Gasteiger charge is -2.11. The molecule has 112 valence electrons. The predicted octanol–water partition coefficient (Wildman–Crippen LogP) is 1.60. The Kier molecular flexibility index (Phi) is 7.69. The molecule has 6 heteroatoms. The van der Waals surface area contributed by atoms with Gasteiger partial charge in [-0.2, -0.15) is 0 Å². The fourth-order valence-electron chi connectivity index (χ4n) is 1.64. The Bertz CT molecular complexity index is 475. The van der Waals surface area contributed by atoms with Gasteiger partial charge in [-0.25, -0.2) is 0 Å². The number of amides is 2. The Hall–Kier alpha value is -1.75. The van der Waals surface area contributed by atoms with Crippen LogP contribution in [0.25, 0.3) is 0 Å². The van der Waals surface area contributed by atoms with Crippen LogP contribution in [0.4, 0.5) is 5.69 Å². The van der Waals surface area contributed by atoms with Crippen molar-refractivity contribution in [2.24, 2.45) is 0 Å². The summed E-state index contributed by atoms with van der Waals surface area (Å²) in [4.78, 5) is 24.8. The van der Waals surface area contributed by atoms with Gasteiger partial charge in [0.2, 0.25) is 5.91 Å². The van der Waals surface area contributed by atoms with E-state index in [4.69, 9.17) is 5.73 Å². The first-order chi connectivity index (χ1) is 8.91. The minimum Gasteiger partial charge on any atom is -0.399 e. The van der Waals surface area contributed by atoms with Gasteiger partial charge < -0.3 is 16.0 Å². The van der Waals surface area contributed by atoms with E-state index >= 15 is 0 Å². The first-order valence-corrected chi connectivity index (χ1v) is 6.26. The van der Waals surface area contributed by atoms with Crippen molar-refractivity contribution in [3.63, 3.8) is 0 Å². The molecular weight excluding hydrogens is 278 g/mol. The molecule has 0 spiro atoms. The topological polar surface area (TPSA) is 75.4 Å². The molecule has 0 saturated carbocycles. The summed E-state index contributed by atoms with van der Waals surface area (Å²) in [5.41, 5.74) is 7.70. The van der Waals surface area contributed by atoms with Gasteiger partial charge in [0.25, 0.3) is 5.91 Å². The Labute approximate surface area is 125 Å². The molecule has 0 aliphatic heterocycles. The summed E-state index contributed by atoms with van der Waals surface area (Å²) >= 11 is 0. The molecule has 0 unspecified atom stereocenters. The number of anilines is 1. The average molecular weight is 300 g/mol. The molecule has 3 N–H and O–H groups in total. The molecule has 0 heterocycles. The lowest BCUT2D eigenvalue weighted by Crippen LogP contribution is -2.27. The van der Waals surface area contributed by atoms with E-state index in [0.717, 1.165) is 5.56 Å². The first kappa shape index (κ1) is 18.2. The molecule has 0 aliphatic rings. The van der Waals surface area contributed by atoms with E-state index in [9.17, 15) is 9.59 Å². The zero-order valence-corrected chi connectivity index (χ0v) is 12.9. The van der Waals surface area contributed by atoms with Crippen LogP contribution >= 0.6 is 12.4 Å². The van der Waals surface area contributed by atoms with Crippen LogP contribution < -0.4 is 11.1 Å². The Morgan fingerprint density at radius 2 is 1.95 bits per heavy atom. The Balaban J connectivity index is 0.00000361. The minimum atomic E-state index is -0.151. The highest BCUT2D eigenvalue weighted by Crippen LogP contribution is 2.12. The van der Waals surface area contributed by atoms with Crippen LogP contribution in [0.15, 0.2) is 18.2 Å². The molecule has 20 heavy (non-hydrogen) atoms. The lowest BCUT2D eigenvalue weighted by atomic mass is 10.1. The van der Waals surface area contributed by atoms with Crippen molar-refractivity contribution >= 4 is 29.9 Å². The number of rotatable bonds is 5. The molecule has 0 aliphatic carbocycles. The molecule has 0 aromatic heterocycles. The SMILES string of the molecule is Cc1ccc(N)cc1C(=O)NCCCC(=O)N(C)C.Cl. The van der Waals surface area contributed by atoms with Crippen molar-refractivity contribution in [3.8, 4) is 0 Å². The minimum absolute atomic E-state index is 0. The molecule has 0 radical (unpaired) electrons. The highest BCUT2D eigenvalue weighted by Gasteiger charge is 2.09. The fraction of sp³-hybridized carbons (Fsp3) is 0.429. The molecule has 2 amide bonds. The maximum Gasteiger partial charge on any atom is 0.251 e. The summed E-state index contributed by atoms with van der Waals surface area (Å²) in [6.45, 7) is 2.34. The second-order valence-electron chi connectivity index (χ2n) is 4.72. The second-order valence-corrected chi connectivity index (χ2v) is 4.72. The number of nitrogens with zero attached hydrogens (tertiary/aromatic N) is 1. The van der Waals surface area contributed by atoms with E-state index in [2.05, 4.69) is 5.32 Å². The number of hydrogen-bond acceptors (Lipinski definition) is 3. The highest BCUT2D eigenvalue weighted by atomic mass is 35.5. The van der Waals surface area contributed by atoms with E-state index in [1.165, 1.54) is 0 Å². The molecule has 5 nitrogen and oxygen atoms in total. The Morgan fingerprint density at radius 3 is 2.55 bits per heavy atom. The molecule has 1 aromatic rings. The smallest absolute Gasteiger partial charge is 0.251 e. The van der Waals surface area contributed by atoms with Crippen molar-refractivity contribution in [3.05, 3.63) is 29.3 Å². The normalized spacial score (nSPS) is 9.55. The fourth-order valence-corrected chi connectivity index (χ4v) is 1.64. The molecule has 0 fully saturated rings. The van der Waals surface area contributed by atoms with Crippen molar-refractivity contribution in [2.75, 3.05) is 26.4 Å². The largest absolute Gasteiger partial charge is 0.399 e. The highest BCUT2D eigenvalue weighted by molar-refractivity contribution is 5.96. The summed E-state index contributed by atoms with van der Waals surface area (Å²) in [6, 6.07) is 5.25. The Morgan fingerprint density at radius 1 is 1.30 bits per heavy atom. The van der Waals surface area contributed by atoms with Crippen LogP contribution in [0.3, 0.4) is 0 Å². The molecule has 0 saturated heterocycles. The van der Waals surface area contributed by atoms with Gasteiger partial charge in [0.1, 0.15) is 0 Å². The number of nitrogen functional groups attached to an aromatic ring is 1. The van der Waals surface area contributed by atoms with Crippen LogP contribution in [-0.4, -0.2) is 37.4 Å². The van der Waals surface area contributed by atoms with Crippen LogP contribution in [-0.2, 0) is 4.79 Å². The van der Waals surface area contributed by atoms with E-state index in [1.54, 1.807) is 31.1 Å². The number of nitrogens with two attached hydrogens (primary N) is 1. The van der Waals surface area contributed by atoms with E-state index in [0.29, 0.717) is 30.6 Å². The monoisotopic (exact) mass is 299 g/mol. The van der Waals surface area contributed by atoms with Gasteiger partial charge in [-0.3, -0.25) is 9.59 Å². The third-order valence-electron chi connectivity index (χ3n) is 2.86. The van der Waals surface area contributed by atoms with Gasteiger partial charge in [0.15, 0.2) is 0 Å². The number of halogens is 1. The summed E-state index contributed by atoms with van der Waals surface area (Å²) in [5, 5.41) is 2.80. The number of hydrogen-bond donors (Lipinski definition) is 2. The van der Waals surface area contributed by atoms with Gasteiger partial charge in [-0.05, 0) is 31.0 Å². The number of aryl methyl sites for hydroxylation is 1. The van der Waals surface area contributed by atoms with Crippen LogP contribution in [0.5, 0.6) is 0 Å². The van der Waals surface area contributed by atoms with Gasteiger partial charge >= 0.3 is 0 Å². The second kappa shape index (κ2) is 8.43. The summed E-state index contributed by atoms with van der Waals surface area (Å²) in [6.07, 6.45) is 1.06. The van der Waals surface area contributed by atoms with E-state index < -0.39 is 0 Å². The quantitative estimate of drug-likeness (QED) is 0.640. The number of nitrogens with one attached hydrogen (secondary N) is 1. The van der Waals surface area contributed by atoms with Crippen molar-refractivity contribution in [1.29, 1.82) is 0 Å². The zero-order valence-electron chi connectivity index (χ0n) is 12.1. The third kappa shape index (κ3) is 5.48. The molecular formula is C14H22ClN3O2. The van der Waals surface area contributed by atoms with E-state index in [-0.39, 0.29) is 24.2 Å². The van der Waals surface area contributed by atoms with Crippen LogP contribution in [0, 0.1) is 6.92 Å². The predicted molar refractivity (Wildman–Crippen MR) is 83.1 cm³/mol. The zero-order chi connectivity index (χ0) is 14.4. The summed E-state index contributed by atoms with van der Waals surface area (Å²) < 4.78 is 0. The third-order valence-corrected chi connectivity index (χ3v) is 2.86. The van der Waals surface area contributed by atoms with Crippen molar-refractivity contribution < 1.29 is 9.59 Å². The van der Waals surface area contributed by atoms with Crippen LogP contribution in [0.2, 0.25) is 0 Å². The van der Waals surface area contributed by atoms with E-state index in [1.807, 2.05) is 13.0 Å². The molecule has 1 rings (SSSR count).